The second-order valence-electron chi connectivity index (χ2n) is 14.7. The minimum Gasteiger partial charge on any atom is -0.390 e. The summed E-state index contributed by atoms with van der Waals surface area (Å²) in [5, 5.41) is 28.3. The van der Waals surface area contributed by atoms with Crippen molar-refractivity contribution >= 4 is 5.91 Å². The van der Waals surface area contributed by atoms with Crippen LogP contribution in [0.4, 0.5) is 0 Å². The van der Waals surface area contributed by atoms with Gasteiger partial charge in [0.15, 0.2) is 0 Å². The van der Waals surface area contributed by atoms with Crippen molar-refractivity contribution in [1.29, 1.82) is 0 Å². The molecule has 0 radical (unpaired) electrons. The van der Waals surface area contributed by atoms with Crippen LogP contribution in [0.5, 0.6) is 0 Å². The number of fused-ring (bicyclic) bond motifs is 1. The molecule has 1 aliphatic carbocycles. The molecule has 5 heterocycles. The number of aliphatic hydroxyl groups excluding tert-OH is 1. The van der Waals surface area contributed by atoms with Crippen LogP contribution in [0.1, 0.15) is 52.9 Å². The number of nitrogens with zero attached hydrogens (tertiary/aromatic N) is 3. The molecule has 6 aliphatic rings. The summed E-state index contributed by atoms with van der Waals surface area (Å²) in [6.07, 6.45) is 5.04. The fourth-order valence-electron chi connectivity index (χ4n) is 8.10. The number of carbonyl (C=O) groups is 1. The molecule has 1 saturated carbocycles. The van der Waals surface area contributed by atoms with Crippen molar-refractivity contribution in [3.05, 3.63) is 0 Å². The Balaban J connectivity index is 0.922. The average Bonchev–Trinajstić information content (AvgIpc) is 3.44. The van der Waals surface area contributed by atoms with Crippen molar-refractivity contribution < 1.29 is 24.1 Å². The van der Waals surface area contributed by atoms with E-state index in [-0.39, 0.29) is 37.1 Å². The molecule has 13 nitrogen and oxygen atoms in total. The summed E-state index contributed by atoms with van der Waals surface area (Å²) in [5.74, 6) is 1.31. The van der Waals surface area contributed by atoms with Crippen LogP contribution < -0.4 is 26.6 Å². The molecule has 0 bridgehead atoms. The van der Waals surface area contributed by atoms with E-state index in [4.69, 9.17) is 14.2 Å². The van der Waals surface area contributed by atoms with Gasteiger partial charge in [-0.25, -0.2) is 0 Å². The maximum atomic E-state index is 13.4. The lowest BCUT2D eigenvalue weighted by Gasteiger charge is -2.47. The Labute approximate surface area is 269 Å². The summed E-state index contributed by atoms with van der Waals surface area (Å²) < 4.78 is 17.4. The van der Waals surface area contributed by atoms with E-state index in [9.17, 15) is 9.90 Å². The predicted molar refractivity (Wildman–Crippen MR) is 171 cm³/mol. The molecule has 0 spiro atoms. The van der Waals surface area contributed by atoms with Gasteiger partial charge in [0.05, 0.1) is 63.1 Å². The summed E-state index contributed by atoms with van der Waals surface area (Å²) in [7, 11) is 0. The van der Waals surface area contributed by atoms with Crippen LogP contribution in [0.3, 0.4) is 0 Å². The fraction of sp³-hybridized carbons (Fsp3) is 0.969. The number of amides is 1. The highest BCUT2D eigenvalue weighted by atomic mass is 16.5. The number of hydrogen-bond acceptors (Lipinski definition) is 12. The van der Waals surface area contributed by atoms with Crippen molar-refractivity contribution in [3.8, 4) is 0 Å². The Bertz CT molecular complexity index is 937. The van der Waals surface area contributed by atoms with Crippen molar-refractivity contribution in [3.63, 3.8) is 0 Å². The lowest BCUT2D eigenvalue weighted by atomic mass is 9.74. The third-order valence-corrected chi connectivity index (χ3v) is 11.2. The van der Waals surface area contributed by atoms with E-state index in [1.54, 1.807) is 0 Å². The van der Waals surface area contributed by atoms with Gasteiger partial charge in [0, 0.05) is 64.3 Å². The van der Waals surface area contributed by atoms with E-state index < -0.39 is 6.10 Å². The molecule has 258 valence electrons. The Hall–Kier alpha value is -0.970. The molecule has 13 heteroatoms. The van der Waals surface area contributed by atoms with E-state index in [0.717, 1.165) is 58.5 Å². The summed E-state index contributed by atoms with van der Waals surface area (Å²) >= 11 is 0. The maximum Gasteiger partial charge on any atom is 0.237 e. The highest BCUT2D eigenvalue weighted by Crippen LogP contribution is 2.37. The number of rotatable bonds is 12. The first kappa shape index (κ1) is 33.9. The van der Waals surface area contributed by atoms with Crippen LogP contribution >= 0.6 is 0 Å². The zero-order valence-electron chi connectivity index (χ0n) is 27.8. The normalized spacial score (nSPS) is 38.2. The molecule has 5 saturated heterocycles. The van der Waals surface area contributed by atoms with Gasteiger partial charge in [0.1, 0.15) is 6.29 Å². The number of piperidine rings is 1. The van der Waals surface area contributed by atoms with Gasteiger partial charge in [-0.15, -0.1) is 0 Å². The van der Waals surface area contributed by atoms with E-state index in [1.165, 1.54) is 6.42 Å². The molecule has 0 aromatic rings. The van der Waals surface area contributed by atoms with Gasteiger partial charge in [0.2, 0.25) is 5.91 Å². The molecular formula is C32H60N8O5. The monoisotopic (exact) mass is 636 g/mol. The van der Waals surface area contributed by atoms with Crippen LogP contribution in [0.15, 0.2) is 0 Å². The first-order valence-electron chi connectivity index (χ1n) is 17.8. The fourth-order valence-corrected chi connectivity index (χ4v) is 8.10. The second-order valence-corrected chi connectivity index (χ2v) is 14.7. The first-order valence-corrected chi connectivity index (χ1v) is 17.8. The Morgan fingerprint density at radius 1 is 1.04 bits per heavy atom. The Morgan fingerprint density at radius 3 is 2.58 bits per heavy atom. The third-order valence-electron chi connectivity index (χ3n) is 11.2. The number of ether oxygens (including phenoxy) is 3. The predicted octanol–water partition coefficient (Wildman–Crippen LogP) is -1.12. The average molecular weight is 637 g/mol. The zero-order chi connectivity index (χ0) is 31.3. The van der Waals surface area contributed by atoms with Crippen molar-refractivity contribution in [2.45, 2.75) is 108 Å². The minimum atomic E-state index is -0.588. The summed E-state index contributed by atoms with van der Waals surface area (Å²) in [5.41, 5.74) is 0. The van der Waals surface area contributed by atoms with Gasteiger partial charge >= 0.3 is 0 Å². The van der Waals surface area contributed by atoms with E-state index in [1.807, 2.05) is 0 Å². The molecule has 1 amide bonds. The van der Waals surface area contributed by atoms with Gasteiger partial charge in [-0.1, -0.05) is 0 Å². The Morgan fingerprint density at radius 2 is 1.87 bits per heavy atom. The standard InChI is InChI=1S/C32H60N8O5/c1-21(2)39-8-10-40(11-9-39)32-36-28(13-30(37-32)35-25-17-43-18-25)31(42)33-14-26(41)16-38-7-6-23-12-27(5-4-24(23)15-38)44-19-29-22(3)34-20-45-29/h21-30,32,34-37,41H,4-20H2,1-3H3,(H,33,42)/t22?,23?,24?,26-,27?,28?,29?,30?,32?/m0/s1. The quantitative estimate of drug-likeness (QED) is 0.155. The van der Waals surface area contributed by atoms with Crippen molar-refractivity contribution in [2.24, 2.45) is 11.8 Å². The van der Waals surface area contributed by atoms with Gasteiger partial charge < -0.3 is 29.5 Å². The summed E-state index contributed by atoms with van der Waals surface area (Å²) in [6.45, 7) is 16.2. The molecule has 9 atom stereocenters. The highest BCUT2D eigenvalue weighted by Gasteiger charge is 2.39. The van der Waals surface area contributed by atoms with Crippen LogP contribution in [-0.4, -0.2) is 160 Å². The Kier molecular flexibility index (Phi) is 12.0. The summed E-state index contributed by atoms with van der Waals surface area (Å²) in [6, 6.07) is 0.885. The maximum absolute atomic E-state index is 13.4. The molecule has 6 fully saturated rings. The SMILES string of the molecule is CC1NCOC1COC1CCC2CN(C[C@@H](O)CNC(=O)C3CC(NC4COC4)NC(N4CCN(C(C)C)CC4)N3)CCC2C1. The largest absolute Gasteiger partial charge is 0.390 e. The molecule has 6 N–H and O–H groups in total. The number of hydrogen-bond donors (Lipinski definition) is 6. The van der Waals surface area contributed by atoms with Gasteiger partial charge in [-0.3, -0.25) is 35.9 Å². The lowest BCUT2D eigenvalue weighted by molar-refractivity contribution is -0.126. The molecule has 45 heavy (non-hydrogen) atoms. The zero-order valence-corrected chi connectivity index (χ0v) is 27.8. The molecule has 5 aliphatic heterocycles. The number of piperazine rings is 1. The van der Waals surface area contributed by atoms with E-state index in [2.05, 4.69) is 62.1 Å². The van der Waals surface area contributed by atoms with Crippen LogP contribution in [0.2, 0.25) is 0 Å². The van der Waals surface area contributed by atoms with Crippen molar-refractivity contribution in [2.75, 3.05) is 78.9 Å². The lowest BCUT2D eigenvalue weighted by Crippen LogP contribution is -2.73. The smallest absolute Gasteiger partial charge is 0.237 e. The minimum absolute atomic E-state index is 0.0207. The number of likely N-dealkylation sites (tertiary alicyclic amines) is 1. The second kappa shape index (κ2) is 16.0. The number of nitrogens with one attached hydrogen (secondary N) is 5. The van der Waals surface area contributed by atoms with Gasteiger partial charge in [0.25, 0.3) is 0 Å². The van der Waals surface area contributed by atoms with E-state index >= 15 is 0 Å². The van der Waals surface area contributed by atoms with Gasteiger partial charge in [-0.2, -0.15) is 0 Å². The van der Waals surface area contributed by atoms with Crippen LogP contribution in [0.25, 0.3) is 0 Å². The third kappa shape index (κ3) is 9.14. The van der Waals surface area contributed by atoms with Crippen LogP contribution in [0, 0.1) is 11.8 Å². The van der Waals surface area contributed by atoms with Crippen LogP contribution in [-0.2, 0) is 19.0 Å². The molecule has 6 rings (SSSR count). The van der Waals surface area contributed by atoms with E-state index in [0.29, 0.717) is 75.6 Å². The number of aliphatic hydroxyl groups is 1. The van der Waals surface area contributed by atoms with Crippen molar-refractivity contribution in [1.82, 2.24) is 41.3 Å². The number of carbonyl (C=O) groups excluding carboxylic acids is 1. The molecular weight excluding hydrogens is 576 g/mol. The molecule has 0 aromatic heterocycles. The molecule has 0 aromatic carbocycles. The highest BCUT2D eigenvalue weighted by molar-refractivity contribution is 5.82. The topological polar surface area (TPSA) is 135 Å². The number of β-amino-alcohol motifs (C(OH)–C–C–N with tert-alkyl or cyclic N) is 1. The first-order chi connectivity index (χ1) is 21.8. The molecule has 8 unspecified atom stereocenters. The van der Waals surface area contributed by atoms with Gasteiger partial charge in [-0.05, 0) is 64.8 Å². The summed E-state index contributed by atoms with van der Waals surface area (Å²) in [4.78, 5) is 20.7.